The van der Waals surface area contributed by atoms with E-state index >= 15 is 0 Å². The summed E-state index contributed by atoms with van der Waals surface area (Å²) >= 11 is 0. The number of rotatable bonds is 7. The number of nitrogens with one attached hydrogen (secondary N) is 1. The predicted octanol–water partition coefficient (Wildman–Crippen LogP) is 2.75. The molecular weight excluding hydrogens is 218 g/mol. The van der Waals surface area contributed by atoms with Gasteiger partial charge >= 0.3 is 5.97 Å². The molecule has 1 aromatic rings. The molecule has 0 aliphatic rings. The van der Waals surface area contributed by atoms with Crippen molar-refractivity contribution < 1.29 is 14.6 Å². The average Bonchev–Trinajstić information content (AvgIpc) is 2.27. The maximum Gasteiger partial charge on any atom is 0.303 e. The second-order valence-electron chi connectivity index (χ2n) is 3.94. The summed E-state index contributed by atoms with van der Waals surface area (Å²) in [5.41, 5.74) is 0.953. The summed E-state index contributed by atoms with van der Waals surface area (Å²) in [7, 11) is 0. The molecule has 94 valence electrons. The number of carboxylic acids is 1. The van der Waals surface area contributed by atoms with E-state index in [4.69, 9.17) is 9.84 Å². The van der Waals surface area contributed by atoms with E-state index in [1.807, 2.05) is 38.1 Å². The number of hydrogen-bond donors (Lipinski definition) is 2. The quantitative estimate of drug-likeness (QED) is 0.765. The molecule has 0 bridgehead atoms. The highest BCUT2D eigenvalue weighted by atomic mass is 16.5. The van der Waals surface area contributed by atoms with Gasteiger partial charge < -0.3 is 15.2 Å². The van der Waals surface area contributed by atoms with Crippen molar-refractivity contribution in [2.45, 2.75) is 32.7 Å². The Morgan fingerprint density at radius 2 is 2.29 bits per heavy atom. The normalized spacial score (nSPS) is 11.9. The summed E-state index contributed by atoms with van der Waals surface area (Å²) < 4.78 is 5.39. The van der Waals surface area contributed by atoms with Crippen molar-refractivity contribution in [2.24, 2.45) is 0 Å². The molecule has 1 unspecified atom stereocenters. The molecule has 0 radical (unpaired) electrons. The van der Waals surface area contributed by atoms with Gasteiger partial charge in [0.1, 0.15) is 5.75 Å². The van der Waals surface area contributed by atoms with Gasteiger partial charge in [0.25, 0.3) is 0 Å². The topological polar surface area (TPSA) is 58.6 Å². The highest BCUT2D eigenvalue weighted by molar-refractivity contribution is 5.66. The van der Waals surface area contributed by atoms with Gasteiger partial charge in [-0.05, 0) is 32.4 Å². The van der Waals surface area contributed by atoms with Crippen LogP contribution in [0.3, 0.4) is 0 Å². The number of anilines is 1. The number of carbonyl (C=O) groups is 1. The van der Waals surface area contributed by atoms with Crippen LogP contribution in [0, 0.1) is 0 Å². The molecule has 0 amide bonds. The molecule has 1 aromatic carbocycles. The summed E-state index contributed by atoms with van der Waals surface area (Å²) in [6, 6.07) is 7.80. The third kappa shape index (κ3) is 5.24. The first-order valence-corrected chi connectivity index (χ1v) is 5.83. The lowest BCUT2D eigenvalue weighted by molar-refractivity contribution is -0.137. The van der Waals surface area contributed by atoms with Crippen molar-refractivity contribution in [1.82, 2.24) is 0 Å². The van der Waals surface area contributed by atoms with Crippen LogP contribution < -0.4 is 10.1 Å². The predicted molar refractivity (Wildman–Crippen MR) is 67.6 cm³/mol. The average molecular weight is 237 g/mol. The van der Waals surface area contributed by atoms with E-state index in [1.165, 1.54) is 0 Å². The van der Waals surface area contributed by atoms with Crippen LogP contribution >= 0.6 is 0 Å². The Morgan fingerprint density at radius 1 is 1.53 bits per heavy atom. The molecule has 0 aromatic heterocycles. The second-order valence-corrected chi connectivity index (χ2v) is 3.94. The molecule has 1 atom stereocenters. The molecule has 4 heteroatoms. The van der Waals surface area contributed by atoms with E-state index in [9.17, 15) is 4.79 Å². The van der Waals surface area contributed by atoms with Gasteiger partial charge in [-0.1, -0.05) is 6.07 Å². The Kier molecular flexibility index (Phi) is 5.33. The Hall–Kier alpha value is -1.71. The first-order valence-electron chi connectivity index (χ1n) is 5.83. The Bertz CT molecular complexity index is 365. The van der Waals surface area contributed by atoms with E-state index in [0.717, 1.165) is 11.4 Å². The summed E-state index contributed by atoms with van der Waals surface area (Å²) in [6.07, 6.45) is 0.785. The zero-order valence-corrected chi connectivity index (χ0v) is 10.3. The number of carboxylic acid groups (broad SMARTS) is 1. The Labute approximate surface area is 102 Å². The largest absolute Gasteiger partial charge is 0.494 e. The maximum absolute atomic E-state index is 10.4. The molecular formula is C13H19NO3. The van der Waals surface area contributed by atoms with Crippen LogP contribution in [0.4, 0.5) is 5.69 Å². The number of benzene rings is 1. The van der Waals surface area contributed by atoms with Crippen LogP contribution in [0.25, 0.3) is 0 Å². The van der Waals surface area contributed by atoms with E-state index < -0.39 is 5.97 Å². The zero-order valence-electron chi connectivity index (χ0n) is 10.3. The molecule has 0 saturated carbocycles. The fourth-order valence-corrected chi connectivity index (χ4v) is 1.54. The van der Waals surface area contributed by atoms with Crippen LogP contribution in [-0.2, 0) is 4.79 Å². The molecule has 0 heterocycles. The van der Waals surface area contributed by atoms with Crippen LogP contribution in [-0.4, -0.2) is 23.7 Å². The van der Waals surface area contributed by atoms with Crippen molar-refractivity contribution in [3.05, 3.63) is 24.3 Å². The lowest BCUT2D eigenvalue weighted by atomic mass is 10.1. The lowest BCUT2D eigenvalue weighted by Crippen LogP contribution is -2.16. The van der Waals surface area contributed by atoms with Crippen LogP contribution in [0.1, 0.15) is 26.7 Å². The van der Waals surface area contributed by atoms with Crippen LogP contribution in [0.15, 0.2) is 24.3 Å². The molecule has 0 spiro atoms. The van der Waals surface area contributed by atoms with E-state index in [0.29, 0.717) is 13.0 Å². The molecule has 0 aliphatic carbocycles. The van der Waals surface area contributed by atoms with Gasteiger partial charge in [-0.2, -0.15) is 0 Å². The first-order chi connectivity index (χ1) is 8.11. The van der Waals surface area contributed by atoms with Gasteiger partial charge in [0.15, 0.2) is 0 Å². The van der Waals surface area contributed by atoms with Gasteiger partial charge in [0.2, 0.25) is 0 Å². The van der Waals surface area contributed by atoms with Crippen molar-refractivity contribution in [3.8, 4) is 5.75 Å². The fourth-order valence-electron chi connectivity index (χ4n) is 1.54. The van der Waals surface area contributed by atoms with Crippen LogP contribution in [0.2, 0.25) is 0 Å². The Morgan fingerprint density at radius 3 is 2.94 bits per heavy atom. The summed E-state index contributed by atoms with van der Waals surface area (Å²) in [5.74, 6) is 0.0599. The SMILES string of the molecule is CCOc1cccc(NC(C)CCC(=O)O)c1. The van der Waals surface area contributed by atoms with Crippen molar-refractivity contribution in [1.29, 1.82) is 0 Å². The van der Waals surface area contributed by atoms with E-state index in [1.54, 1.807) is 0 Å². The van der Waals surface area contributed by atoms with Gasteiger partial charge in [0.05, 0.1) is 6.61 Å². The fraction of sp³-hybridized carbons (Fsp3) is 0.462. The smallest absolute Gasteiger partial charge is 0.303 e. The van der Waals surface area contributed by atoms with Gasteiger partial charge in [0, 0.05) is 24.2 Å². The minimum absolute atomic E-state index is 0.128. The molecule has 4 nitrogen and oxygen atoms in total. The third-order valence-corrected chi connectivity index (χ3v) is 2.35. The van der Waals surface area contributed by atoms with Gasteiger partial charge in [-0.25, -0.2) is 0 Å². The second kappa shape index (κ2) is 6.78. The first kappa shape index (κ1) is 13.4. The minimum atomic E-state index is -0.762. The van der Waals surface area contributed by atoms with Crippen molar-refractivity contribution >= 4 is 11.7 Å². The monoisotopic (exact) mass is 237 g/mol. The molecule has 0 saturated heterocycles. The highest BCUT2D eigenvalue weighted by Gasteiger charge is 2.05. The number of aliphatic carboxylic acids is 1. The number of hydrogen-bond acceptors (Lipinski definition) is 3. The molecule has 17 heavy (non-hydrogen) atoms. The van der Waals surface area contributed by atoms with Crippen molar-refractivity contribution in [3.63, 3.8) is 0 Å². The molecule has 1 rings (SSSR count). The Balaban J connectivity index is 2.49. The van der Waals surface area contributed by atoms with E-state index in [2.05, 4.69) is 5.32 Å². The summed E-state index contributed by atoms with van der Waals surface area (Å²) in [4.78, 5) is 10.4. The van der Waals surface area contributed by atoms with Crippen molar-refractivity contribution in [2.75, 3.05) is 11.9 Å². The highest BCUT2D eigenvalue weighted by Crippen LogP contribution is 2.18. The number of ether oxygens (including phenoxy) is 1. The maximum atomic E-state index is 10.4. The van der Waals surface area contributed by atoms with Crippen LogP contribution in [0.5, 0.6) is 5.75 Å². The van der Waals surface area contributed by atoms with Gasteiger partial charge in [-0.15, -0.1) is 0 Å². The zero-order chi connectivity index (χ0) is 12.7. The molecule has 2 N–H and O–H groups in total. The van der Waals surface area contributed by atoms with E-state index in [-0.39, 0.29) is 12.5 Å². The third-order valence-electron chi connectivity index (χ3n) is 2.35. The molecule has 0 fully saturated rings. The molecule has 0 aliphatic heterocycles. The lowest BCUT2D eigenvalue weighted by Gasteiger charge is -2.15. The summed E-state index contributed by atoms with van der Waals surface area (Å²) in [5, 5.41) is 11.8. The standard InChI is InChI=1S/C13H19NO3/c1-3-17-12-6-4-5-11(9-12)14-10(2)7-8-13(15)16/h4-6,9-10,14H,3,7-8H2,1-2H3,(H,15,16). The van der Waals surface area contributed by atoms with Gasteiger partial charge in [-0.3, -0.25) is 4.79 Å². The summed E-state index contributed by atoms with van der Waals surface area (Å²) in [6.45, 7) is 4.55. The minimum Gasteiger partial charge on any atom is -0.494 e.